The standard InChI is InChI=1S/C30H36N6O2/c1-4-26(37)34-15-17-35(18-16-34)28-23-11-14-36(25-10-6-9-22-8-5-7-21(2)27(22)25)19-24(23)32-29(33-28)38-20-30(31-3)12-13-30/h4-10,31H,1,11-20H2,2-3H3. The van der Waals surface area contributed by atoms with Gasteiger partial charge in [-0.1, -0.05) is 36.9 Å². The largest absolute Gasteiger partial charge is 0.461 e. The third-order valence-corrected chi connectivity index (χ3v) is 8.38. The third kappa shape index (κ3) is 4.58. The summed E-state index contributed by atoms with van der Waals surface area (Å²) in [4.78, 5) is 28.6. The summed E-state index contributed by atoms with van der Waals surface area (Å²) in [6, 6.07) is 13.5. The van der Waals surface area contributed by atoms with Gasteiger partial charge in [0, 0.05) is 49.4 Å². The van der Waals surface area contributed by atoms with Crippen molar-refractivity contribution in [2.75, 3.05) is 56.2 Å². The highest BCUT2D eigenvalue weighted by Gasteiger charge is 2.42. The van der Waals surface area contributed by atoms with Crippen molar-refractivity contribution in [1.82, 2.24) is 20.2 Å². The van der Waals surface area contributed by atoms with Crippen LogP contribution < -0.4 is 19.9 Å². The fraction of sp³-hybridized carbons (Fsp3) is 0.433. The van der Waals surface area contributed by atoms with Gasteiger partial charge >= 0.3 is 6.01 Å². The molecular formula is C30H36N6O2. The molecule has 0 atom stereocenters. The van der Waals surface area contributed by atoms with Gasteiger partial charge in [-0.3, -0.25) is 4.79 Å². The van der Waals surface area contributed by atoms with Gasteiger partial charge in [-0.25, -0.2) is 0 Å². The van der Waals surface area contributed by atoms with E-state index in [0.717, 1.165) is 50.4 Å². The summed E-state index contributed by atoms with van der Waals surface area (Å²) < 4.78 is 6.22. The van der Waals surface area contributed by atoms with Crippen LogP contribution in [0.3, 0.4) is 0 Å². The van der Waals surface area contributed by atoms with Gasteiger partial charge < -0.3 is 24.8 Å². The number of nitrogens with one attached hydrogen (secondary N) is 1. The lowest BCUT2D eigenvalue weighted by Gasteiger charge is -2.38. The molecule has 198 valence electrons. The van der Waals surface area contributed by atoms with Crippen LogP contribution in [-0.4, -0.2) is 72.7 Å². The molecule has 0 bridgehead atoms. The Bertz CT molecular complexity index is 1370. The molecule has 8 nitrogen and oxygen atoms in total. The summed E-state index contributed by atoms with van der Waals surface area (Å²) in [7, 11) is 1.99. The number of fused-ring (bicyclic) bond motifs is 2. The lowest BCUT2D eigenvalue weighted by Crippen LogP contribution is -2.49. The molecule has 1 aliphatic carbocycles. The first-order chi connectivity index (χ1) is 18.5. The van der Waals surface area contributed by atoms with Crippen LogP contribution in [0.1, 0.15) is 29.7 Å². The molecule has 3 heterocycles. The Kier molecular flexibility index (Phi) is 6.43. The minimum Gasteiger partial charge on any atom is -0.461 e. The van der Waals surface area contributed by atoms with Gasteiger partial charge in [-0.2, -0.15) is 9.97 Å². The van der Waals surface area contributed by atoms with Crippen molar-refractivity contribution in [3.05, 3.63) is 65.9 Å². The van der Waals surface area contributed by atoms with Crippen LogP contribution in [0, 0.1) is 6.92 Å². The number of carbonyl (C=O) groups excluding carboxylic acids is 1. The number of likely N-dealkylation sites (N-methyl/N-ethyl adjacent to an activating group) is 1. The normalized spacial score (nSPS) is 18.3. The minimum atomic E-state index is -0.0128. The molecule has 0 radical (unpaired) electrons. The molecule has 1 N–H and O–H groups in total. The number of ether oxygens (including phenoxy) is 1. The van der Waals surface area contributed by atoms with Crippen LogP contribution in [0.15, 0.2) is 49.1 Å². The molecule has 1 amide bonds. The fourth-order valence-corrected chi connectivity index (χ4v) is 5.78. The first-order valence-corrected chi connectivity index (χ1v) is 13.6. The molecule has 1 saturated carbocycles. The molecular weight excluding hydrogens is 476 g/mol. The predicted octanol–water partition coefficient (Wildman–Crippen LogP) is 3.47. The van der Waals surface area contributed by atoms with Crippen LogP contribution in [0.2, 0.25) is 0 Å². The minimum absolute atomic E-state index is 0.0128. The zero-order valence-corrected chi connectivity index (χ0v) is 22.4. The first-order valence-electron chi connectivity index (χ1n) is 13.6. The Balaban J connectivity index is 1.32. The second-order valence-corrected chi connectivity index (χ2v) is 10.7. The number of aryl methyl sites for hydroxylation is 1. The number of piperazine rings is 1. The lowest BCUT2D eigenvalue weighted by molar-refractivity contribution is -0.126. The van der Waals surface area contributed by atoms with Crippen molar-refractivity contribution < 1.29 is 9.53 Å². The zero-order chi connectivity index (χ0) is 26.3. The average Bonchev–Trinajstić information content (AvgIpc) is 3.75. The average molecular weight is 513 g/mol. The van der Waals surface area contributed by atoms with E-state index in [0.29, 0.717) is 32.3 Å². The number of nitrogens with zero attached hydrogens (tertiary/aromatic N) is 5. The molecule has 1 aromatic heterocycles. The van der Waals surface area contributed by atoms with Crippen LogP contribution >= 0.6 is 0 Å². The van der Waals surface area contributed by atoms with E-state index in [1.165, 1.54) is 33.7 Å². The highest BCUT2D eigenvalue weighted by Crippen LogP contribution is 2.37. The van der Waals surface area contributed by atoms with E-state index in [2.05, 4.69) is 65.0 Å². The SMILES string of the molecule is C=CC(=O)N1CCN(c2nc(OCC3(NC)CC3)nc3c2CCN(c2cccc4cccc(C)c24)C3)CC1. The second kappa shape index (κ2) is 9.91. The number of carbonyl (C=O) groups is 1. The molecule has 6 rings (SSSR count). The summed E-state index contributed by atoms with van der Waals surface area (Å²) in [5, 5.41) is 5.95. The summed E-state index contributed by atoms with van der Waals surface area (Å²) in [5.74, 6) is 0.944. The number of rotatable bonds is 7. The molecule has 2 aliphatic heterocycles. The summed E-state index contributed by atoms with van der Waals surface area (Å²) in [5.41, 5.74) is 4.80. The van der Waals surface area contributed by atoms with Gasteiger partial charge in [0.15, 0.2) is 0 Å². The first kappa shape index (κ1) is 24.7. The van der Waals surface area contributed by atoms with Gasteiger partial charge in [0.25, 0.3) is 0 Å². The summed E-state index contributed by atoms with van der Waals surface area (Å²) in [6.07, 6.45) is 4.47. The van der Waals surface area contributed by atoms with E-state index in [4.69, 9.17) is 14.7 Å². The van der Waals surface area contributed by atoms with E-state index in [9.17, 15) is 4.79 Å². The quantitative estimate of drug-likeness (QED) is 0.486. The Morgan fingerprint density at radius 3 is 2.55 bits per heavy atom. The van der Waals surface area contributed by atoms with Crippen LogP contribution in [0.4, 0.5) is 11.5 Å². The number of hydrogen-bond acceptors (Lipinski definition) is 7. The molecule has 8 heteroatoms. The zero-order valence-electron chi connectivity index (χ0n) is 22.4. The number of benzene rings is 2. The van der Waals surface area contributed by atoms with E-state index >= 15 is 0 Å². The second-order valence-electron chi connectivity index (χ2n) is 10.7. The Morgan fingerprint density at radius 2 is 1.84 bits per heavy atom. The van der Waals surface area contributed by atoms with Crippen molar-refractivity contribution in [1.29, 1.82) is 0 Å². The van der Waals surface area contributed by atoms with Gasteiger partial charge in [-0.05, 0) is 56.3 Å². The molecule has 1 saturated heterocycles. The van der Waals surface area contributed by atoms with Gasteiger partial charge in [-0.15, -0.1) is 0 Å². The smallest absolute Gasteiger partial charge is 0.318 e. The number of anilines is 2. The molecule has 3 aliphatic rings. The van der Waals surface area contributed by atoms with E-state index in [-0.39, 0.29) is 11.4 Å². The Hall–Kier alpha value is -3.65. The molecule has 2 aromatic carbocycles. The van der Waals surface area contributed by atoms with E-state index < -0.39 is 0 Å². The molecule has 0 spiro atoms. The number of hydrogen-bond donors (Lipinski definition) is 1. The summed E-state index contributed by atoms with van der Waals surface area (Å²) >= 11 is 0. The highest BCUT2D eigenvalue weighted by molar-refractivity contribution is 5.97. The van der Waals surface area contributed by atoms with Crippen molar-refractivity contribution in [2.45, 2.75) is 38.3 Å². The van der Waals surface area contributed by atoms with Crippen LogP contribution in [0.25, 0.3) is 10.8 Å². The van der Waals surface area contributed by atoms with Gasteiger partial charge in [0.1, 0.15) is 12.4 Å². The molecule has 2 fully saturated rings. The molecule has 38 heavy (non-hydrogen) atoms. The topological polar surface area (TPSA) is 73.8 Å². The van der Waals surface area contributed by atoms with Crippen molar-refractivity contribution in [3.63, 3.8) is 0 Å². The number of amides is 1. The van der Waals surface area contributed by atoms with Gasteiger partial charge in [0.2, 0.25) is 5.91 Å². The van der Waals surface area contributed by atoms with Crippen LogP contribution in [0.5, 0.6) is 6.01 Å². The maximum Gasteiger partial charge on any atom is 0.318 e. The van der Waals surface area contributed by atoms with Crippen molar-refractivity contribution >= 4 is 28.2 Å². The van der Waals surface area contributed by atoms with Crippen LogP contribution in [-0.2, 0) is 17.8 Å². The van der Waals surface area contributed by atoms with Gasteiger partial charge in [0.05, 0.1) is 17.8 Å². The maximum atomic E-state index is 12.1. The monoisotopic (exact) mass is 512 g/mol. The van der Waals surface area contributed by atoms with Crippen molar-refractivity contribution in [3.8, 4) is 6.01 Å². The molecule has 0 unspecified atom stereocenters. The molecule has 3 aromatic rings. The fourth-order valence-electron chi connectivity index (χ4n) is 5.78. The van der Waals surface area contributed by atoms with E-state index in [1.807, 2.05) is 11.9 Å². The third-order valence-electron chi connectivity index (χ3n) is 8.38. The maximum absolute atomic E-state index is 12.1. The summed E-state index contributed by atoms with van der Waals surface area (Å²) in [6.45, 7) is 10.8. The predicted molar refractivity (Wildman–Crippen MR) is 151 cm³/mol. The Morgan fingerprint density at radius 1 is 1.08 bits per heavy atom. The van der Waals surface area contributed by atoms with Crippen molar-refractivity contribution in [2.24, 2.45) is 0 Å². The lowest BCUT2D eigenvalue weighted by atomic mass is 9.99. The van der Waals surface area contributed by atoms with E-state index in [1.54, 1.807) is 0 Å². The Labute approximate surface area is 224 Å². The highest BCUT2D eigenvalue weighted by atomic mass is 16.5. The number of aromatic nitrogens is 2.